The maximum atomic E-state index is 11.9. The molecule has 3 heterocycles. The van der Waals surface area contributed by atoms with E-state index in [1.807, 2.05) is 20.8 Å². The summed E-state index contributed by atoms with van der Waals surface area (Å²) in [5.41, 5.74) is 6.31. The number of carbonyl (C=O) groups excluding carboxylic acids is 2. The highest BCUT2D eigenvalue weighted by Crippen LogP contribution is 2.48. The average molecular weight is 691 g/mol. The number of carbonyl (C=O) groups is 2. The number of fused-ring (bicyclic) bond motifs is 3. The molecule has 0 aromatic carbocycles. The second kappa shape index (κ2) is 17.3. The number of methoxy groups -OCH3 is 1. The van der Waals surface area contributed by atoms with Gasteiger partial charge in [0.25, 0.3) is 0 Å². The van der Waals surface area contributed by atoms with E-state index in [9.17, 15) is 9.59 Å². The number of aryl methyl sites for hydroxylation is 1. The van der Waals surface area contributed by atoms with Crippen LogP contribution in [-0.4, -0.2) is 128 Å². The summed E-state index contributed by atoms with van der Waals surface area (Å²) in [5.74, 6) is 0.436. The van der Waals surface area contributed by atoms with Gasteiger partial charge in [0.15, 0.2) is 0 Å². The van der Waals surface area contributed by atoms with Crippen LogP contribution in [0.4, 0.5) is 4.79 Å². The second-order valence-electron chi connectivity index (χ2n) is 14.0. The van der Waals surface area contributed by atoms with Gasteiger partial charge in [0, 0.05) is 57.3 Å². The first-order chi connectivity index (χ1) is 23.1. The number of ether oxygens (including phenoxy) is 5. The van der Waals surface area contributed by atoms with E-state index < -0.39 is 23.7 Å². The summed E-state index contributed by atoms with van der Waals surface area (Å²) in [6.45, 7) is 13.2. The highest BCUT2D eigenvalue weighted by molar-refractivity contribution is 7.19. The molecule has 0 spiro atoms. The SMILES string of the molecule is CO[C@H](C[C@H]1CCc2sc3ncnc(OC4CCC(N5CCN(CCOCCOCCNC(=O)OC(C)(C)C)CC5)CC4)c3c21)C(N)=O. The summed E-state index contributed by atoms with van der Waals surface area (Å²) in [4.78, 5) is 40.1. The molecule has 14 heteroatoms. The first-order valence-corrected chi connectivity index (χ1v) is 18.3. The van der Waals surface area contributed by atoms with Crippen molar-refractivity contribution < 1.29 is 33.3 Å². The lowest BCUT2D eigenvalue weighted by Gasteiger charge is -2.41. The van der Waals surface area contributed by atoms with Crippen molar-refractivity contribution >= 4 is 33.6 Å². The Balaban J connectivity index is 0.974. The minimum Gasteiger partial charge on any atom is -0.474 e. The van der Waals surface area contributed by atoms with Gasteiger partial charge in [0.05, 0.1) is 31.8 Å². The summed E-state index contributed by atoms with van der Waals surface area (Å²) in [5, 5.41) is 3.70. The Labute approximate surface area is 288 Å². The zero-order valence-corrected chi connectivity index (χ0v) is 29.9. The summed E-state index contributed by atoms with van der Waals surface area (Å²) in [7, 11) is 1.54. The van der Waals surface area contributed by atoms with Crippen molar-refractivity contribution in [2.45, 2.75) is 95.5 Å². The van der Waals surface area contributed by atoms with E-state index in [1.54, 1.807) is 24.8 Å². The number of piperazine rings is 1. The van der Waals surface area contributed by atoms with Gasteiger partial charge >= 0.3 is 6.09 Å². The molecule has 2 fully saturated rings. The number of aromatic nitrogens is 2. The lowest BCUT2D eigenvalue weighted by Crippen LogP contribution is -2.52. The van der Waals surface area contributed by atoms with Gasteiger partial charge in [-0.25, -0.2) is 14.8 Å². The van der Waals surface area contributed by atoms with Gasteiger partial charge in [-0.2, -0.15) is 0 Å². The maximum Gasteiger partial charge on any atom is 0.407 e. The van der Waals surface area contributed by atoms with Crippen LogP contribution >= 0.6 is 11.3 Å². The van der Waals surface area contributed by atoms with E-state index in [0.717, 1.165) is 81.5 Å². The fourth-order valence-electron chi connectivity index (χ4n) is 7.05. The van der Waals surface area contributed by atoms with Crippen molar-refractivity contribution in [1.29, 1.82) is 0 Å². The Morgan fingerprint density at radius 2 is 1.75 bits per heavy atom. The molecule has 13 nitrogen and oxygen atoms in total. The summed E-state index contributed by atoms with van der Waals surface area (Å²) in [6.07, 6.45) is 7.47. The Morgan fingerprint density at radius 1 is 1.02 bits per heavy atom. The van der Waals surface area contributed by atoms with Crippen molar-refractivity contribution in [2.24, 2.45) is 5.73 Å². The van der Waals surface area contributed by atoms with Crippen LogP contribution in [0, 0.1) is 0 Å². The van der Waals surface area contributed by atoms with Gasteiger partial charge in [-0.3, -0.25) is 14.6 Å². The van der Waals surface area contributed by atoms with Gasteiger partial charge < -0.3 is 34.7 Å². The van der Waals surface area contributed by atoms with Crippen molar-refractivity contribution in [3.8, 4) is 5.88 Å². The van der Waals surface area contributed by atoms with Crippen LogP contribution in [0.3, 0.4) is 0 Å². The van der Waals surface area contributed by atoms with Crippen LogP contribution in [0.25, 0.3) is 10.2 Å². The van der Waals surface area contributed by atoms with Crippen LogP contribution < -0.4 is 15.8 Å². The number of hydrogen-bond acceptors (Lipinski definition) is 12. The number of alkyl carbamates (subject to hydrolysis) is 1. The standard InChI is InChI=1S/C34H54N6O7S/c1-34(2,3)47-33(42)36-11-17-44-19-20-45-18-16-39-12-14-40(15-13-39)24-6-8-25(9-7-24)46-31-29-28-23(21-26(43-4)30(35)41)5-10-27(28)48-32(29)38-22-37-31/h22-26H,5-21H2,1-4H3,(H2,35,41)(H,36,42)/t23-,24?,25?,26-/m1/s1. The van der Waals surface area contributed by atoms with Gasteiger partial charge in [-0.05, 0) is 77.2 Å². The van der Waals surface area contributed by atoms with Crippen molar-refractivity contribution in [3.05, 3.63) is 16.8 Å². The number of thiophene rings is 1. The smallest absolute Gasteiger partial charge is 0.407 e. The lowest BCUT2D eigenvalue weighted by atomic mass is 9.91. The molecule has 2 aliphatic carbocycles. The molecule has 5 rings (SSSR count). The van der Waals surface area contributed by atoms with E-state index in [2.05, 4.69) is 25.1 Å². The highest BCUT2D eigenvalue weighted by atomic mass is 32.1. The predicted octanol–water partition coefficient (Wildman–Crippen LogP) is 3.48. The minimum atomic E-state index is -0.603. The molecule has 0 unspecified atom stereocenters. The molecular weight excluding hydrogens is 636 g/mol. The number of rotatable bonds is 16. The predicted molar refractivity (Wildman–Crippen MR) is 184 cm³/mol. The van der Waals surface area contributed by atoms with Crippen molar-refractivity contribution in [1.82, 2.24) is 25.1 Å². The van der Waals surface area contributed by atoms with Crippen LogP contribution in [0.1, 0.15) is 75.7 Å². The van der Waals surface area contributed by atoms with E-state index in [1.165, 1.54) is 10.4 Å². The third-order valence-electron chi connectivity index (χ3n) is 9.48. The zero-order valence-electron chi connectivity index (χ0n) is 29.0. The maximum absolute atomic E-state index is 11.9. The summed E-state index contributed by atoms with van der Waals surface area (Å²) in [6, 6.07) is 0.588. The van der Waals surface area contributed by atoms with Crippen molar-refractivity contribution in [2.75, 3.05) is 72.8 Å². The van der Waals surface area contributed by atoms with Gasteiger partial charge in [0.1, 0.15) is 29.0 Å². The van der Waals surface area contributed by atoms with Gasteiger partial charge in [-0.15, -0.1) is 11.3 Å². The molecule has 1 aliphatic heterocycles. The molecule has 0 radical (unpaired) electrons. The van der Waals surface area contributed by atoms with Crippen molar-refractivity contribution in [3.63, 3.8) is 0 Å². The number of nitrogens with zero attached hydrogens (tertiary/aromatic N) is 4. The largest absolute Gasteiger partial charge is 0.474 e. The molecular formula is C34H54N6O7S. The number of nitrogens with one attached hydrogen (secondary N) is 1. The molecule has 3 N–H and O–H groups in total. The quantitative estimate of drug-likeness (QED) is 0.249. The Bertz CT molecular complexity index is 1340. The molecule has 0 bridgehead atoms. The van der Waals surface area contributed by atoms with E-state index in [-0.39, 0.29) is 12.0 Å². The first-order valence-electron chi connectivity index (χ1n) is 17.4. The second-order valence-corrected chi connectivity index (χ2v) is 15.1. The number of nitrogens with two attached hydrogens (primary N) is 1. The third-order valence-corrected chi connectivity index (χ3v) is 10.7. The Morgan fingerprint density at radius 3 is 2.44 bits per heavy atom. The van der Waals surface area contributed by atoms with E-state index >= 15 is 0 Å². The highest BCUT2D eigenvalue weighted by Gasteiger charge is 2.34. The molecule has 2 amide bonds. The monoisotopic (exact) mass is 690 g/mol. The zero-order chi connectivity index (χ0) is 34.1. The lowest BCUT2D eigenvalue weighted by molar-refractivity contribution is -0.128. The van der Waals surface area contributed by atoms with Gasteiger partial charge in [0.2, 0.25) is 11.8 Å². The van der Waals surface area contributed by atoms with Crippen LogP contribution in [0.2, 0.25) is 0 Å². The van der Waals surface area contributed by atoms with E-state index in [0.29, 0.717) is 51.3 Å². The molecule has 3 aliphatic rings. The van der Waals surface area contributed by atoms with Gasteiger partial charge in [-0.1, -0.05) is 0 Å². The van der Waals surface area contributed by atoms with E-state index in [4.69, 9.17) is 29.4 Å². The normalized spacial score (nSPS) is 22.8. The minimum absolute atomic E-state index is 0.135. The third kappa shape index (κ3) is 10.2. The molecule has 1 saturated heterocycles. The van der Waals surface area contributed by atoms with Crippen LogP contribution in [0.15, 0.2) is 6.33 Å². The van der Waals surface area contributed by atoms with Crippen LogP contribution in [-0.2, 0) is 30.2 Å². The molecule has 48 heavy (non-hydrogen) atoms. The summed E-state index contributed by atoms with van der Waals surface area (Å²) < 4.78 is 28.5. The molecule has 1 saturated carbocycles. The Kier molecular flexibility index (Phi) is 13.2. The fourth-order valence-corrected chi connectivity index (χ4v) is 8.28. The topological polar surface area (TPSA) is 151 Å². The number of hydrogen-bond donors (Lipinski definition) is 2. The first kappa shape index (κ1) is 36.7. The van der Waals surface area contributed by atoms with Crippen LogP contribution in [0.5, 0.6) is 5.88 Å². The number of primary amides is 1. The summed E-state index contributed by atoms with van der Waals surface area (Å²) >= 11 is 1.71. The Hall–Kier alpha value is -2.62. The fraction of sp³-hybridized carbons (Fsp3) is 0.765. The molecule has 2 atom stereocenters. The average Bonchev–Trinajstić information content (AvgIpc) is 3.62. The molecule has 268 valence electrons. The molecule has 2 aromatic rings. The molecule has 2 aromatic heterocycles. The number of amides is 2.